The number of hydroxylamine groups is 1. The lowest BCUT2D eigenvalue weighted by molar-refractivity contribution is -0.136. The number of nitrogens with one attached hydrogen (secondary N) is 3. The van der Waals surface area contributed by atoms with E-state index in [2.05, 4.69) is 10.6 Å². The maximum atomic E-state index is 12.3. The Balaban J connectivity index is 2.65. The van der Waals surface area contributed by atoms with Crippen molar-refractivity contribution in [2.75, 3.05) is 6.54 Å². The smallest absolute Gasteiger partial charge is 0.244 e. The third-order valence-corrected chi connectivity index (χ3v) is 3.53. The van der Waals surface area contributed by atoms with E-state index in [1.165, 1.54) is 0 Å². The topological polar surface area (TPSA) is 108 Å². The lowest BCUT2D eigenvalue weighted by Gasteiger charge is -2.21. The molecule has 7 nitrogen and oxygen atoms in total. The normalized spacial score (nSPS) is 20.4. The van der Waals surface area contributed by atoms with Gasteiger partial charge in [0, 0.05) is 18.9 Å². The van der Waals surface area contributed by atoms with Gasteiger partial charge in [0.15, 0.2) is 0 Å². The van der Waals surface area contributed by atoms with Crippen LogP contribution in [-0.4, -0.2) is 35.5 Å². The molecule has 1 aliphatic rings. The van der Waals surface area contributed by atoms with E-state index >= 15 is 0 Å². The molecule has 0 aromatic rings. The first-order chi connectivity index (χ1) is 9.93. The van der Waals surface area contributed by atoms with E-state index in [4.69, 9.17) is 5.21 Å². The highest BCUT2D eigenvalue weighted by atomic mass is 16.5. The first kappa shape index (κ1) is 17.4. The van der Waals surface area contributed by atoms with Gasteiger partial charge in [-0.2, -0.15) is 0 Å². The van der Waals surface area contributed by atoms with Gasteiger partial charge in [-0.05, 0) is 31.6 Å². The van der Waals surface area contributed by atoms with Crippen LogP contribution in [0.4, 0.5) is 0 Å². The maximum absolute atomic E-state index is 12.3. The second kappa shape index (κ2) is 8.61. The first-order valence-electron chi connectivity index (χ1n) is 7.45. The summed E-state index contributed by atoms with van der Waals surface area (Å²) in [6.07, 6.45) is 2.82. The van der Waals surface area contributed by atoms with Crippen LogP contribution in [0.3, 0.4) is 0 Å². The van der Waals surface area contributed by atoms with Crippen molar-refractivity contribution in [2.45, 2.75) is 52.0 Å². The molecule has 0 aromatic heterocycles. The Morgan fingerprint density at radius 1 is 1.38 bits per heavy atom. The Morgan fingerprint density at radius 2 is 2.10 bits per heavy atom. The largest absolute Gasteiger partial charge is 0.354 e. The molecule has 1 saturated heterocycles. The maximum Gasteiger partial charge on any atom is 0.244 e. The van der Waals surface area contributed by atoms with E-state index in [-0.39, 0.29) is 24.2 Å². The molecular formula is C14H25N3O4. The lowest BCUT2D eigenvalue weighted by Crippen LogP contribution is -2.48. The van der Waals surface area contributed by atoms with Crippen molar-refractivity contribution in [1.29, 1.82) is 0 Å². The van der Waals surface area contributed by atoms with Gasteiger partial charge in [0.2, 0.25) is 17.7 Å². The van der Waals surface area contributed by atoms with Crippen LogP contribution < -0.4 is 16.1 Å². The van der Waals surface area contributed by atoms with Crippen molar-refractivity contribution in [3.8, 4) is 0 Å². The van der Waals surface area contributed by atoms with Gasteiger partial charge in [-0.1, -0.05) is 13.8 Å². The van der Waals surface area contributed by atoms with Crippen LogP contribution in [0.5, 0.6) is 0 Å². The minimum atomic E-state index is -0.596. The Kier molecular flexibility index (Phi) is 7.14. The van der Waals surface area contributed by atoms with E-state index in [1.807, 2.05) is 13.8 Å². The Bertz CT molecular complexity index is 384. The third kappa shape index (κ3) is 6.12. The van der Waals surface area contributed by atoms with Gasteiger partial charge in [-0.25, -0.2) is 5.48 Å². The van der Waals surface area contributed by atoms with E-state index in [0.717, 1.165) is 12.8 Å². The summed E-state index contributed by atoms with van der Waals surface area (Å²) in [5, 5.41) is 14.1. The number of hydrogen-bond acceptors (Lipinski definition) is 4. The quantitative estimate of drug-likeness (QED) is 0.419. The zero-order chi connectivity index (χ0) is 15.8. The van der Waals surface area contributed by atoms with Gasteiger partial charge in [-0.3, -0.25) is 19.6 Å². The van der Waals surface area contributed by atoms with Gasteiger partial charge in [0.05, 0.1) is 0 Å². The lowest BCUT2D eigenvalue weighted by atomic mass is 9.92. The predicted octanol–water partition coefficient (Wildman–Crippen LogP) is 0.329. The molecule has 0 radical (unpaired) electrons. The fourth-order valence-corrected chi connectivity index (χ4v) is 2.49. The van der Waals surface area contributed by atoms with E-state index in [1.54, 1.807) is 5.48 Å². The van der Waals surface area contributed by atoms with Crippen LogP contribution in [0.1, 0.15) is 46.0 Å². The van der Waals surface area contributed by atoms with Crippen LogP contribution in [0.15, 0.2) is 0 Å². The molecule has 0 unspecified atom stereocenters. The summed E-state index contributed by atoms with van der Waals surface area (Å²) in [7, 11) is 0. The van der Waals surface area contributed by atoms with Gasteiger partial charge < -0.3 is 10.6 Å². The van der Waals surface area contributed by atoms with Crippen molar-refractivity contribution < 1.29 is 19.6 Å². The molecule has 7 heteroatoms. The van der Waals surface area contributed by atoms with Crippen LogP contribution in [-0.2, 0) is 14.4 Å². The highest BCUT2D eigenvalue weighted by molar-refractivity contribution is 5.90. The van der Waals surface area contributed by atoms with Crippen LogP contribution >= 0.6 is 0 Å². The molecule has 0 spiro atoms. The SMILES string of the molecule is CC(C)C[C@H](CC(=O)NO)C(=O)N[C@H]1CCCCNC1=O. The first-order valence-corrected chi connectivity index (χ1v) is 7.45. The molecule has 3 amide bonds. The fraction of sp³-hybridized carbons (Fsp3) is 0.786. The third-order valence-electron chi connectivity index (χ3n) is 3.53. The summed E-state index contributed by atoms with van der Waals surface area (Å²) < 4.78 is 0. The van der Waals surface area contributed by atoms with Gasteiger partial charge in [0.1, 0.15) is 6.04 Å². The second-order valence-electron chi connectivity index (χ2n) is 5.91. The molecule has 2 atom stereocenters. The van der Waals surface area contributed by atoms with E-state index in [9.17, 15) is 14.4 Å². The Morgan fingerprint density at radius 3 is 2.71 bits per heavy atom. The summed E-state index contributed by atoms with van der Waals surface area (Å²) in [5.41, 5.74) is 1.55. The molecule has 0 aliphatic carbocycles. The summed E-state index contributed by atoms with van der Waals surface area (Å²) in [4.78, 5) is 35.4. The van der Waals surface area contributed by atoms with Crippen LogP contribution in [0.25, 0.3) is 0 Å². The van der Waals surface area contributed by atoms with Crippen molar-refractivity contribution in [3.63, 3.8) is 0 Å². The van der Waals surface area contributed by atoms with Gasteiger partial charge in [0.25, 0.3) is 0 Å². The molecule has 0 saturated carbocycles. The van der Waals surface area contributed by atoms with Crippen LogP contribution in [0, 0.1) is 11.8 Å². The van der Waals surface area contributed by atoms with Crippen LogP contribution in [0.2, 0.25) is 0 Å². The molecule has 1 heterocycles. The number of amides is 3. The number of carbonyl (C=O) groups is 3. The summed E-state index contributed by atoms with van der Waals surface area (Å²) >= 11 is 0. The average molecular weight is 299 g/mol. The molecule has 1 aliphatic heterocycles. The highest BCUT2D eigenvalue weighted by Crippen LogP contribution is 2.17. The second-order valence-corrected chi connectivity index (χ2v) is 5.91. The zero-order valence-corrected chi connectivity index (χ0v) is 12.6. The molecule has 120 valence electrons. The molecule has 1 rings (SSSR count). The monoisotopic (exact) mass is 299 g/mol. The van der Waals surface area contributed by atoms with E-state index in [0.29, 0.717) is 19.4 Å². The summed E-state index contributed by atoms with van der Waals surface area (Å²) in [5.74, 6) is -1.39. The Labute approximate surface area is 124 Å². The van der Waals surface area contributed by atoms with Gasteiger partial charge >= 0.3 is 0 Å². The number of hydrogen-bond donors (Lipinski definition) is 4. The highest BCUT2D eigenvalue weighted by Gasteiger charge is 2.28. The molecular weight excluding hydrogens is 274 g/mol. The zero-order valence-electron chi connectivity index (χ0n) is 12.6. The number of rotatable bonds is 6. The standard InChI is InChI=1S/C14H25N3O4/c1-9(2)7-10(8-12(18)17-21)13(19)16-11-5-3-4-6-15-14(11)20/h9-11,21H,3-8H2,1-2H3,(H,15,20)(H,16,19)(H,17,18)/t10-,11+/m1/s1. The van der Waals surface area contributed by atoms with Crippen molar-refractivity contribution >= 4 is 17.7 Å². The molecule has 1 fully saturated rings. The minimum Gasteiger partial charge on any atom is -0.354 e. The molecule has 0 bridgehead atoms. The van der Waals surface area contributed by atoms with Gasteiger partial charge in [-0.15, -0.1) is 0 Å². The van der Waals surface area contributed by atoms with Crippen molar-refractivity contribution in [3.05, 3.63) is 0 Å². The predicted molar refractivity (Wildman–Crippen MR) is 76.3 cm³/mol. The van der Waals surface area contributed by atoms with Crippen molar-refractivity contribution in [1.82, 2.24) is 16.1 Å². The number of carbonyl (C=O) groups excluding carboxylic acids is 3. The summed E-state index contributed by atoms with van der Waals surface area (Å²) in [6, 6.07) is -0.535. The van der Waals surface area contributed by atoms with Crippen molar-refractivity contribution in [2.24, 2.45) is 11.8 Å². The molecule has 0 aromatic carbocycles. The fourth-order valence-electron chi connectivity index (χ4n) is 2.49. The Hall–Kier alpha value is -1.63. The van der Waals surface area contributed by atoms with E-state index < -0.39 is 17.9 Å². The summed E-state index contributed by atoms with van der Waals surface area (Å²) in [6.45, 7) is 4.54. The average Bonchev–Trinajstić information content (AvgIpc) is 2.62. The minimum absolute atomic E-state index is 0.0884. The molecule has 21 heavy (non-hydrogen) atoms. The molecule has 4 N–H and O–H groups in total.